The number of carbonyl (C=O) groups is 3. The van der Waals surface area contributed by atoms with E-state index in [2.05, 4.69) is 37.4 Å². The molecule has 1 aromatic carbocycles. The van der Waals surface area contributed by atoms with E-state index in [0.717, 1.165) is 57.9 Å². The quantitative estimate of drug-likeness (QED) is 0.191. The molecule has 17 heteroatoms. The first-order chi connectivity index (χ1) is 24.5. The van der Waals surface area contributed by atoms with Gasteiger partial charge in [0.2, 0.25) is 0 Å². The molecule has 0 radical (unpaired) electrons. The number of nitrogens with zero attached hydrogens (tertiary/aromatic N) is 5. The predicted octanol–water partition coefficient (Wildman–Crippen LogP) is 4.10. The lowest BCUT2D eigenvalue weighted by atomic mass is 9.93. The molecule has 14 nitrogen and oxygen atoms in total. The topological polar surface area (TPSA) is 197 Å². The van der Waals surface area contributed by atoms with Gasteiger partial charge in [-0.2, -0.15) is 13.2 Å². The summed E-state index contributed by atoms with van der Waals surface area (Å²) in [5.74, 6) is -2.99. The third-order valence-electron chi connectivity index (χ3n) is 9.53. The van der Waals surface area contributed by atoms with Crippen LogP contribution in [0, 0.1) is 0 Å². The average Bonchev–Trinajstić information content (AvgIpc) is 3.08. The standard InChI is InChI=1S/C31H45F3N8O2.C4H4O4/c1-19(2)26-29(36-20-4-7-23(43)8-5-20)39-30(27(38-26)28(35)44)37-21-6-9-25(24(18-21)31(32,33)34)42-12-10-22(11-13-42)41-16-14-40(3)15-17-41;5-3(6)1-2-4(7)8/h6,9,18-20,22-23,43H,4-5,7-8,10-17H2,1-3H3,(H2,35,44)(H2,36,37,39);1-2H,(H,5,6)(H,7,8)/b;2-1+. The molecule has 5 rings (SSSR count). The number of benzene rings is 1. The summed E-state index contributed by atoms with van der Waals surface area (Å²) < 4.78 is 43.3. The molecule has 0 atom stereocenters. The third-order valence-corrected chi connectivity index (χ3v) is 9.53. The third kappa shape index (κ3) is 11.3. The lowest BCUT2D eigenvalue weighted by Gasteiger charge is -2.43. The summed E-state index contributed by atoms with van der Waals surface area (Å²) in [6, 6.07) is 4.58. The maximum Gasteiger partial charge on any atom is 0.418 e. The number of carboxylic acid groups (broad SMARTS) is 2. The Morgan fingerprint density at radius 1 is 0.904 bits per heavy atom. The maximum atomic E-state index is 14.4. The van der Waals surface area contributed by atoms with Crippen molar-refractivity contribution >= 4 is 40.9 Å². The van der Waals surface area contributed by atoms with Gasteiger partial charge in [-0.3, -0.25) is 9.69 Å². The van der Waals surface area contributed by atoms with Crippen molar-refractivity contribution in [3.8, 4) is 0 Å². The van der Waals surface area contributed by atoms with Crippen molar-refractivity contribution in [3.63, 3.8) is 0 Å². The van der Waals surface area contributed by atoms with E-state index in [1.807, 2.05) is 18.7 Å². The Labute approximate surface area is 300 Å². The van der Waals surface area contributed by atoms with E-state index in [-0.39, 0.29) is 41.0 Å². The largest absolute Gasteiger partial charge is 0.478 e. The number of piperidine rings is 1. The van der Waals surface area contributed by atoms with Gasteiger partial charge >= 0.3 is 18.1 Å². The Kier molecular flexibility index (Phi) is 13.8. The summed E-state index contributed by atoms with van der Waals surface area (Å²) in [5, 5.41) is 31.8. The molecule has 2 aromatic rings. The zero-order valence-corrected chi connectivity index (χ0v) is 29.7. The number of anilines is 4. The molecule has 7 N–H and O–H groups in total. The maximum absolute atomic E-state index is 14.4. The minimum atomic E-state index is -4.58. The number of nitrogens with two attached hydrogens (primary N) is 1. The number of aliphatic hydroxyl groups excluding tert-OH is 1. The molecule has 52 heavy (non-hydrogen) atoms. The van der Waals surface area contributed by atoms with Crippen LogP contribution in [0.15, 0.2) is 30.4 Å². The van der Waals surface area contributed by atoms with Crippen LogP contribution in [0.25, 0.3) is 0 Å². The SMILES string of the molecule is CC(C)c1nc(C(N)=O)c(Nc2ccc(N3CCC(N4CCN(C)CC4)CC3)c(C(F)(F)F)c2)nc1NC1CCC(O)CC1.O=C(O)/C=C/C(=O)O. The summed E-state index contributed by atoms with van der Waals surface area (Å²) in [4.78, 5) is 47.3. The first kappa shape index (κ1) is 40.3. The van der Waals surface area contributed by atoms with Crippen molar-refractivity contribution in [1.82, 2.24) is 19.8 Å². The number of hydrogen-bond acceptors (Lipinski definition) is 11. The predicted molar refractivity (Wildman–Crippen MR) is 190 cm³/mol. The highest BCUT2D eigenvalue weighted by Crippen LogP contribution is 2.40. The van der Waals surface area contributed by atoms with E-state index in [9.17, 15) is 32.7 Å². The number of aliphatic hydroxyl groups is 1. The van der Waals surface area contributed by atoms with Crippen LogP contribution in [-0.4, -0.2) is 117 Å². The minimum Gasteiger partial charge on any atom is -0.478 e. The van der Waals surface area contributed by atoms with E-state index in [1.54, 1.807) is 6.07 Å². The second kappa shape index (κ2) is 17.8. The summed E-state index contributed by atoms with van der Waals surface area (Å²) in [7, 11) is 2.11. The summed E-state index contributed by atoms with van der Waals surface area (Å²) >= 11 is 0. The fraction of sp³-hybridized carbons (Fsp3) is 0.571. The van der Waals surface area contributed by atoms with Crippen LogP contribution in [0.1, 0.15) is 80.0 Å². The van der Waals surface area contributed by atoms with E-state index >= 15 is 0 Å². The van der Waals surface area contributed by atoms with Crippen LogP contribution < -0.4 is 21.3 Å². The number of hydrogen-bond donors (Lipinski definition) is 6. The molecule has 2 saturated heterocycles. The number of halogens is 3. The number of carbonyl (C=O) groups excluding carboxylic acids is 1. The van der Waals surface area contributed by atoms with Crippen molar-refractivity contribution in [1.29, 1.82) is 0 Å². The van der Waals surface area contributed by atoms with Gasteiger partial charge in [-0.1, -0.05) is 13.8 Å². The number of alkyl halides is 3. The lowest BCUT2D eigenvalue weighted by molar-refractivity contribution is -0.137. The normalized spacial score (nSPS) is 20.7. The second-order valence-corrected chi connectivity index (χ2v) is 13.7. The van der Waals surface area contributed by atoms with E-state index in [0.29, 0.717) is 55.6 Å². The average molecular weight is 735 g/mol. The van der Waals surface area contributed by atoms with Gasteiger partial charge in [-0.15, -0.1) is 0 Å². The van der Waals surface area contributed by atoms with E-state index in [1.165, 1.54) is 6.07 Å². The highest BCUT2D eigenvalue weighted by atomic mass is 19.4. The van der Waals surface area contributed by atoms with Gasteiger partial charge in [0.25, 0.3) is 5.91 Å². The number of amides is 1. The molecule has 0 bridgehead atoms. The van der Waals surface area contributed by atoms with Crippen LogP contribution in [0.3, 0.4) is 0 Å². The zero-order valence-electron chi connectivity index (χ0n) is 29.7. The van der Waals surface area contributed by atoms with Gasteiger partial charge in [0.1, 0.15) is 0 Å². The molecule has 3 heterocycles. The Balaban J connectivity index is 0.000000677. The van der Waals surface area contributed by atoms with Crippen LogP contribution in [0.4, 0.5) is 36.2 Å². The van der Waals surface area contributed by atoms with Crippen LogP contribution >= 0.6 is 0 Å². The summed E-state index contributed by atoms with van der Waals surface area (Å²) in [6.45, 7) is 8.94. The molecule has 286 valence electrons. The number of carboxylic acids is 2. The van der Waals surface area contributed by atoms with Crippen LogP contribution in [0.2, 0.25) is 0 Å². The molecule has 1 aromatic heterocycles. The number of nitrogens with one attached hydrogen (secondary N) is 2. The second-order valence-electron chi connectivity index (χ2n) is 13.7. The zero-order chi connectivity index (χ0) is 38.2. The number of aromatic nitrogens is 2. The van der Waals surface area contributed by atoms with Crippen molar-refractivity contribution in [2.75, 3.05) is 61.8 Å². The molecule has 3 aliphatic rings. The molecule has 3 fully saturated rings. The van der Waals surface area contributed by atoms with Crippen LogP contribution in [-0.2, 0) is 15.8 Å². The summed E-state index contributed by atoms with van der Waals surface area (Å²) in [6.07, 6.45) is 0.636. The van der Waals surface area contributed by atoms with Gasteiger partial charge in [0, 0.05) is 74.9 Å². The van der Waals surface area contributed by atoms with Crippen molar-refractivity contribution in [3.05, 3.63) is 47.3 Å². The molecule has 0 unspecified atom stereocenters. The molecule has 1 saturated carbocycles. The Bertz CT molecular complexity index is 1570. The molecular weight excluding hydrogens is 685 g/mol. The number of piperazine rings is 1. The number of likely N-dealkylation sites (N-methyl/N-ethyl adjacent to an activating group) is 1. The first-order valence-electron chi connectivity index (χ1n) is 17.5. The molecule has 0 spiro atoms. The smallest absolute Gasteiger partial charge is 0.418 e. The van der Waals surface area contributed by atoms with Crippen molar-refractivity contribution in [2.24, 2.45) is 5.73 Å². The van der Waals surface area contributed by atoms with Crippen LogP contribution in [0.5, 0.6) is 0 Å². The van der Waals surface area contributed by atoms with Gasteiger partial charge < -0.3 is 41.5 Å². The van der Waals surface area contributed by atoms with Gasteiger partial charge in [-0.05, 0) is 69.7 Å². The fourth-order valence-corrected chi connectivity index (χ4v) is 6.68. The molecule has 2 aliphatic heterocycles. The van der Waals surface area contributed by atoms with Crippen molar-refractivity contribution in [2.45, 2.75) is 82.7 Å². The molecular formula is C35H49F3N8O6. The highest BCUT2D eigenvalue weighted by molar-refractivity contribution is 5.96. The summed E-state index contributed by atoms with van der Waals surface area (Å²) in [5.41, 5.74) is 5.60. The minimum absolute atomic E-state index is 0.00545. The van der Waals surface area contributed by atoms with E-state index in [4.69, 9.17) is 15.9 Å². The van der Waals surface area contributed by atoms with Gasteiger partial charge in [0.15, 0.2) is 17.3 Å². The Morgan fingerprint density at radius 2 is 1.50 bits per heavy atom. The Hall–Kier alpha value is -4.48. The molecule has 1 aliphatic carbocycles. The first-order valence-corrected chi connectivity index (χ1v) is 17.5. The highest BCUT2D eigenvalue weighted by Gasteiger charge is 2.37. The fourth-order valence-electron chi connectivity index (χ4n) is 6.68. The van der Waals surface area contributed by atoms with Gasteiger partial charge in [-0.25, -0.2) is 19.6 Å². The number of primary amides is 1. The monoisotopic (exact) mass is 734 g/mol. The number of rotatable bonds is 10. The number of aliphatic carboxylic acids is 2. The van der Waals surface area contributed by atoms with Crippen molar-refractivity contribution < 1.29 is 42.9 Å². The lowest BCUT2D eigenvalue weighted by Crippen LogP contribution is -2.52. The Morgan fingerprint density at radius 3 is 2.02 bits per heavy atom. The molecule has 1 amide bonds. The van der Waals surface area contributed by atoms with E-state index < -0.39 is 29.6 Å². The van der Waals surface area contributed by atoms with Gasteiger partial charge in [0.05, 0.1) is 17.4 Å².